The Kier molecular flexibility index (Phi) is 6.96. The Morgan fingerprint density at radius 2 is 1.85 bits per heavy atom. The van der Waals surface area contributed by atoms with Crippen LogP contribution in [-0.2, 0) is 12.8 Å². The summed E-state index contributed by atoms with van der Waals surface area (Å²) in [6.07, 6.45) is 4.79. The van der Waals surface area contributed by atoms with Crippen LogP contribution in [0.15, 0.2) is 12.1 Å². The lowest BCUT2D eigenvalue weighted by Crippen LogP contribution is -2.40. The molecule has 1 aromatic rings. The Balaban J connectivity index is 0.00000200. The van der Waals surface area contributed by atoms with Crippen LogP contribution in [0.3, 0.4) is 0 Å². The molecule has 0 aromatic heterocycles. The molecule has 1 unspecified atom stereocenters. The molecule has 1 aliphatic rings. The number of phenols is 1. The number of hydrogen-bond acceptors (Lipinski definition) is 2. The third-order valence-electron chi connectivity index (χ3n) is 4.05. The Bertz CT molecular complexity index is 433. The van der Waals surface area contributed by atoms with Crippen LogP contribution in [-0.4, -0.2) is 29.1 Å². The standard InChI is InChI=1S/C16H24FNO.BrH/c1-3-9-18(10-4-2)12-5-6-13-14(11-12)16(19)8-7-15(13)17;/h7-8,12,19H,3-6,9-11H2,1-2H3;1H. The molecule has 0 fully saturated rings. The lowest BCUT2D eigenvalue weighted by Gasteiger charge is -2.35. The first-order valence-corrected chi connectivity index (χ1v) is 7.40. The lowest BCUT2D eigenvalue weighted by atomic mass is 9.86. The fourth-order valence-corrected chi connectivity index (χ4v) is 3.16. The van der Waals surface area contributed by atoms with Gasteiger partial charge in [-0.25, -0.2) is 4.39 Å². The van der Waals surface area contributed by atoms with Crippen LogP contribution in [0.25, 0.3) is 0 Å². The van der Waals surface area contributed by atoms with Crippen molar-refractivity contribution in [2.24, 2.45) is 0 Å². The van der Waals surface area contributed by atoms with Gasteiger partial charge in [-0.2, -0.15) is 0 Å². The zero-order valence-corrected chi connectivity index (χ0v) is 14.1. The zero-order valence-electron chi connectivity index (χ0n) is 12.4. The number of halogens is 2. The summed E-state index contributed by atoms with van der Waals surface area (Å²) in [5.41, 5.74) is 1.55. The van der Waals surface area contributed by atoms with E-state index in [1.807, 2.05) is 0 Å². The topological polar surface area (TPSA) is 23.5 Å². The number of rotatable bonds is 5. The van der Waals surface area contributed by atoms with Crippen LogP contribution in [0.2, 0.25) is 0 Å². The third-order valence-corrected chi connectivity index (χ3v) is 4.05. The van der Waals surface area contributed by atoms with Gasteiger partial charge in [0.1, 0.15) is 11.6 Å². The van der Waals surface area contributed by atoms with E-state index in [0.29, 0.717) is 6.04 Å². The van der Waals surface area contributed by atoms with Crippen molar-refractivity contribution in [1.29, 1.82) is 0 Å². The smallest absolute Gasteiger partial charge is 0.126 e. The van der Waals surface area contributed by atoms with E-state index in [1.165, 1.54) is 12.1 Å². The number of aromatic hydroxyl groups is 1. The van der Waals surface area contributed by atoms with Gasteiger partial charge in [-0.1, -0.05) is 13.8 Å². The molecule has 0 bridgehead atoms. The summed E-state index contributed by atoms with van der Waals surface area (Å²) in [5.74, 6) is 0.0952. The number of benzene rings is 1. The number of fused-ring (bicyclic) bond motifs is 1. The molecule has 20 heavy (non-hydrogen) atoms. The zero-order chi connectivity index (χ0) is 13.8. The van der Waals surface area contributed by atoms with Crippen LogP contribution in [0.4, 0.5) is 4.39 Å². The second-order valence-corrected chi connectivity index (χ2v) is 5.46. The Morgan fingerprint density at radius 1 is 1.20 bits per heavy atom. The summed E-state index contributed by atoms with van der Waals surface area (Å²) in [7, 11) is 0. The van der Waals surface area contributed by atoms with Crippen molar-refractivity contribution in [2.45, 2.75) is 52.0 Å². The monoisotopic (exact) mass is 345 g/mol. The van der Waals surface area contributed by atoms with E-state index < -0.39 is 0 Å². The van der Waals surface area contributed by atoms with Crippen molar-refractivity contribution in [2.75, 3.05) is 13.1 Å². The van der Waals surface area contributed by atoms with Crippen molar-refractivity contribution >= 4 is 17.0 Å². The molecular formula is C16H25BrFNO. The molecule has 2 nitrogen and oxygen atoms in total. The molecule has 114 valence electrons. The highest BCUT2D eigenvalue weighted by Gasteiger charge is 2.27. The quantitative estimate of drug-likeness (QED) is 0.868. The number of hydrogen-bond donors (Lipinski definition) is 1. The molecule has 0 spiro atoms. The third kappa shape index (κ3) is 3.73. The van der Waals surface area contributed by atoms with Crippen LogP contribution in [0, 0.1) is 5.82 Å². The maximum Gasteiger partial charge on any atom is 0.126 e. The highest BCUT2D eigenvalue weighted by Crippen LogP contribution is 2.32. The molecule has 0 radical (unpaired) electrons. The molecule has 0 saturated heterocycles. The maximum atomic E-state index is 13.8. The van der Waals surface area contributed by atoms with E-state index >= 15 is 0 Å². The van der Waals surface area contributed by atoms with Gasteiger partial charge in [0.15, 0.2) is 0 Å². The summed E-state index contributed by atoms with van der Waals surface area (Å²) in [6, 6.07) is 3.31. The highest BCUT2D eigenvalue weighted by molar-refractivity contribution is 8.93. The van der Waals surface area contributed by atoms with Gasteiger partial charge >= 0.3 is 0 Å². The molecule has 0 amide bonds. The van der Waals surface area contributed by atoms with Crippen molar-refractivity contribution < 1.29 is 9.50 Å². The molecule has 1 atom stereocenters. The van der Waals surface area contributed by atoms with Gasteiger partial charge in [-0.3, -0.25) is 0 Å². The van der Waals surface area contributed by atoms with E-state index in [0.717, 1.165) is 56.3 Å². The van der Waals surface area contributed by atoms with Crippen LogP contribution in [0.1, 0.15) is 44.2 Å². The van der Waals surface area contributed by atoms with Gasteiger partial charge < -0.3 is 10.0 Å². The Morgan fingerprint density at radius 3 is 2.45 bits per heavy atom. The fourth-order valence-electron chi connectivity index (χ4n) is 3.16. The van der Waals surface area contributed by atoms with Crippen molar-refractivity contribution in [1.82, 2.24) is 4.90 Å². The molecule has 0 heterocycles. The predicted molar refractivity (Wildman–Crippen MR) is 86.4 cm³/mol. The second-order valence-electron chi connectivity index (χ2n) is 5.46. The number of phenolic OH excluding ortho intramolecular Hbond substituents is 1. The SMILES string of the molecule is Br.CCCN(CCC)C1CCc2c(F)ccc(O)c2C1. The van der Waals surface area contributed by atoms with Crippen LogP contribution in [0.5, 0.6) is 5.75 Å². The van der Waals surface area contributed by atoms with E-state index in [1.54, 1.807) is 0 Å². The molecule has 0 saturated carbocycles. The summed E-state index contributed by atoms with van der Waals surface area (Å²) in [6.45, 7) is 6.56. The molecular weight excluding hydrogens is 321 g/mol. The van der Waals surface area contributed by atoms with E-state index in [9.17, 15) is 9.50 Å². The summed E-state index contributed by atoms with van der Waals surface area (Å²) < 4.78 is 13.8. The molecule has 1 N–H and O–H groups in total. The van der Waals surface area contributed by atoms with Crippen molar-refractivity contribution in [3.63, 3.8) is 0 Å². The van der Waals surface area contributed by atoms with Gasteiger partial charge in [0.2, 0.25) is 0 Å². The lowest BCUT2D eigenvalue weighted by molar-refractivity contribution is 0.178. The van der Waals surface area contributed by atoms with Crippen LogP contribution >= 0.6 is 17.0 Å². The molecule has 0 aliphatic heterocycles. The summed E-state index contributed by atoms with van der Waals surface area (Å²) in [4.78, 5) is 2.49. The minimum atomic E-state index is -0.163. The van der Waals surface area contributed by atoms with Gasteiger partial charge in [-0.05, 0) is 62.9 Å². The van der Waals surface area contributed by atoms with Gasteiger partial charge in [0.05, 0.1) is 0 Å². The Hall–Kier alpha value is -0.610. The van der Waals surface area contributed by atoms with Gasteiger partial charge in [0.25, 0.3) is 0 Å². The van der Waals surface area contributed by atoms with E-state index in [2.05, 4.69) is 18.7 Å². The first kappa shape index (κ1) is 17.4. The Labute approximate surface area is 131 Å². The van der Waals surface area contributed by atoms with Crippen molar-refractivity contribution in [3.05, 3.63) is 29.1 Å². The normalized spacial score (nSPS) is 17.7. The summed E-state index contributed by atoms with van der Waals surface area (Å²) in [5, 5.41) is 9.95. The first-order chi connectivity index (χ1) is 9.17. The molecule has 4 heteroatoms. The molecule has 2 rings (SSSR count). The van der Waals surface area contributed by atoms with Gasteiger partial charge in [0, 0.05) is 11.6 Å². The number of nitrogens with zero attached hydrogens (tertiary/aromatic N) is 1. The van der Waals surface area contributed by atoms with Crippen molar-refractivity contribution in [3.8, 4) is 5.75 Å². The van der Waals surface area contributed by atoms with E-state index in [4.69, 9.17) is 0 Å². The molecule has 1 aliphatic carbocycles. The average Bonchev–Trinajstić information content (AvgIpc) is 2.42. The van der Waals surface area contributed by atoms with Gasteiger partial charge in [-0.15, -0.1) is 17.0 Å². The maximum absolute atomic E-state index is 13.8. The average molecular weight is 346 g/mol. The second kappa shape index (κ2) is 7.99. The highest BCUT2D eigenvalue weighted by atomic mass is 79.9. The molecule has 1 aromatic carbocycles. The minimum absolute atomic E-state index is 0. The van der Waals surface area contributed by atoms with Crippen LogP contribution < -0.4 is 0 Å². The predicted octanol–water partition coefficient (Wildman–Crippen LogP) is 4.09. The fraction of sp³-hybridized carbons (Fsp3) is 0.625. The van der Waals surface area contributed by atoms with E-state index in [-0.39, 0.29) is 28.5 Å². The summed E-state index contributed by atoms with van der Waals surface area (Å²) >= 11 is 0. The largest absolute Gasteiger partial charge is 0.508 e. The minimum Gasteiger partial charge on any atom is -0.508 e. The first-order valence-electron chi connectivity index (χ1n) is 7.40.